The second kappa shape index (κ2) is 10.5. The summed E-state index contributed by atoms with van der Waals surface area (Å²) in [6.45, 7) is 3.94. The predicted octanol–water partition coefficient (Wildman–Crippen LogP) is 5.21. The number of halogens is 2. The van der Waals surface area contributed by atoms with E-state index in [2.05, 4.69) is 31.0 Å². The Labute approximate surface area is 192 Å². The standard InChI is InChI=1S/C24H30BrFN4O/c25-19-10-11-21(26)18(16-19)17-27-24(28-22-8-4-5-9-23(22)31)30-14-12-29(13-15-30)20-6-2-1-3-7-20/h4-5,8-11,16,20,31H,1-3,6-7,12-15,17H2,(H,27,28). The zero-order valence-electron chi connectivity index (χ0n) is 17.7. The van der Waals surface area contributed by atoms with Crippen molar-refractivity contribution in [3.05, 3.63) is 58.3 Å². The van der Waals surface area contributed by atoms with Gasteiger partial charge in [0.05, 0.1) is 12.2 Å². The molecule has 0 aromatic heterocycles. The van der Waals surface area contributed by atoms with Gasteiger partial charge in [-0.1, -0.05) is 47.3 Å². The summed E-state index contributed by atoms with van der Waals surface area (Å²) in [5, 5.41) is 13.5. The molecule has 0 atom stereocenters. The molecule has 2 N–H and O–H groups in total. The summed E-state index contributed by atoms with van der Waals surface area (Å²) in [6, 6.07) is 12.7. The number of aliphatic imine (C=N–C) groups is 1. The van der Waals surface area contributed by atoms with Crippen LogP contribution >= 0.6 is 15.9 Å². The summed E-state index contributed by atoms with van der Waals surface area (Å²) in [5.41, 5.74) is 1.14. The molecular weight excluding hydrogens is 459 g/mol. The van der Waals surface area contributed by atoms with Crippen LogP contribution in [-0.4, -0.2) is 53.1 Å². The second-order valence-corrected chi connectivity index (χ2v) is 9.25. The molecule has 4 rings (SSSR count). The highest BCUT2D eigenvalue weighted by Crippen LogP contribution is 2.25. The minimum absolute atomic E-state index is 0.171. The Morgan fingerprint density at radius 2 is 1.81 bits per heavy atom. The van der Waals surface area contributed by atoms with Crippen molar-refractivity contribution in [3.8, 4) is 5.75 Å². The van der Waals surface area contributed by atoms with Gasteiger partial charge in [0.15, 0.2) is 5.96 Å². The minimum Gasteiger partial charge on any atom is -0.506 e. The maximum Gasteiger partial charge on any atom is 0.198 e. The first-order chi connectivity index (χ1) is 15.1. The number of phenolic OH excluding ortho intramolecular Hbond substituents is 1. The van der Waals surface area contributed by atoms with Gasteiger partial charge in [0.1, 0.15) is 11.6 Å². The molecule has 0 unspecified atom stereocenters. The predicted molar refractivity (Wildman–Crippen MR) is 127 cm³/mol. The minimum atomic E-state index is -0.268. The Balaban J connectivity index is 1.49. The van der Waals surface area contributed by atoms with Gasteiger partial charge in [-0.25, -0.2) is 9.38 Å². The molecule has 166 valence electrons. The molecule has 2 aliphatic rings. The van der Waals surface area contributed by atoms with Gasteiger partial charge < -0.3 is 15.3 Å². The van der Waals surface area contributed by atoms with Gasteiger partial charge in [-0.2, -0.15) is 0 Å². The van der Waals surface area contributed by atoms with Crippen LogP contribution in [0.15, 0.2) is 51.9 Å². The third-order valence-electron chi connectivity index (χ3n) is 6.26. The molecule has 1 saturated heterocycles. The number of guanidine groups is 1. The van der Waals surface area contributed by atoms with E-state index in [4.69, 9.17) is 4.99 Å². The van der Waals surface area contributed by atoms with Crippen molar-refractivity contribution < 1.29 is 9.50 Å². The molecule has 0 radical (unpaired) electrons. The Bertz CT molecular complexity index is 908. The Morgan fingerprint density at radius 3 is 2.55 bits per heavy atom. The molecule has 0 amide bonds. The monoisotopic (exact) mass is 488 g/mol. The number of aromatic hydroxyl groups is 1. The lowest BCUT2D eigenvalue weighted by Crippen LogP contribution is -2.53. The Kier molecular flexibility index (Phi) is 7.45. The quantitative estimate of drug-likeness (QED) is 0.352. The van der Waals surface area contributed by atoms with E-state index in [1.807, 2.05) is 12.1 Å². The van der Waals surface area contributed by atoms with Crippen LogP contribution in [0.3, 0.4) is 0 Å². The lowest BCUT2D eigenvalue weighted by atomic mass is 9.94. The summed E-state index contributed by atoms with van der Waals surface area (Å²) in [7, 11) is 0. The number of hydrogen-bond donors (Lipinski definition) is 2. The van der Waals surface area contributed by atoms with Crippen molar-refractivity contribution in [2.45, 2.75) is 44.7 Å². The first-order valence-electron chi connectivity index (χ1n) is 11.1. The lowest BCUT2D eigenvalue weighted by molar-refractivity contribution is 0.107. The number of rotatable bonds is 4. The van der Waals surface area contributed by atoms with Crippen molar-refractivity contribution >= 4 is 27.6 Å². The number of hydrogen-bond acceptors (Lipinski definition) is 3. The van der Waals surface area contributed by atoms with Gasteiger partial charge in [-0.15, -0.1) is 0 Å². The third kappa shape index (κ3) is 5.77. The highest BCUT2D eigenvalue weighted by atomic mass is 79.9. The first-order valence-corrected chi connectivity index (χ1v) is 11.9. The fourth-order valence-electron chi connectivity index (χ4n) is 4.49. The number of anilines is 1. The van der Waals surface area contributed by atoms with E-state index < -0.39 is 0 Å². The number of piperazine rings is 1. The van der Waals surface area contributed by atoms with E-state index in [0.29, 0.717) is 23.3 Å². The van der Waals surface area contributed by atoms with Crippen molar-refractivity contribution in [1.82, 2.24) is 9.80 Å². The molecule has 1 heterocycles. The van der Waals surface area contributed by atoms with E-state index >= 15 is 0 Å². The highest BCUT2D eigenvalue weighted by molar-refractivity contribution is 9.10. The highest BCUT2D eigenvalue weighted by Gasteiger charge is 2.26. The van der Waals surface area contributed by atoms with Crippen LogP contribution in [0, 0.1) is 5.82 Å². The van der Waals surface area contributed by atoms with Crippen LogP contribution in [-0.2, 0) is 6.54 Å². The number of nitrogens with zero attached hydrogens (tertiary/aromatic N) is 3. The van der Waals surface area contributed by atoms with Crippen molar-refractivity contribution in [2.24, 2.45) is 4.99 Å². The molecule has 2 aromatic carbocycles. The van der Waals surface area contributed by atoms with Gasteiger partial charge in [-0.3, -0.25) is 4.90 Å². The maximum absolute atomic E-state index is 14.2. The summed E-state index contributed by atoms with van der Waals surface area (Å²) < 4.78 is 15.1. The van der Waals surface area contributed by atoms with Gasteiger partial charge >= 0.3 is 0 Å². The maximum atomic E-state index is 14.2. The molecule has 1 aliphatic carbocycles. The molecule has 0 bridgehead atoms. The topological polar surface area (TPSA) is 51.1 Å². The number of para-hydroxylation sites is 2. The van der Waals surface area contributed by atoms with Crippen LogP contribution in [0.2, 0.25) is 0 Å². The summed E-state index contributed by atoms with van der Waals surface area (Å²) in [6.07, 6.45) is 6.65. The van der Waals surface area contributed by atoms with E-state index in [0.717, 1.165) is 30.7 Å². The van der Waals surface area contributed by atoms with Crippen LogP contribution < -0.4 is 5.32 Å². The van der Waals surface area contributed by atoms with Crippen LogP contribution in [0.4, 0.5) is 10.1 Å². The molecule has 0 spiro atoms. The molecule has 31 heavy (non-hydrogen) atoms. The largest absolute Gasteiger partial charge is 0.506 e. The van der Waals surface area contributed by atoms with E-state index in [1.165, 1.54) is 38.2 Å². The van der Waals surface area contributed by atoms with Gasteiger partial charge in [0.2, 0.25) is 0 Å². The Morgan fingerprint density at radius 1 is 1.06 bits per heavy atom. The molecule has 5 nitrogen and oxygen atoms in total. The zero-order chi connectivity index (χ0) is 21.6. The van der Waals surface area contributed by atoms with Crippen LogP contribution in [0.25, 0.3) is 0 Å². The molecule has 1 aliphatic heterocycles. The smallest absolute Gasteiger partial charge is 0.198 e. The van der Waals surface area contributed by atoms with Gasteiger partial charge in [0.25, 0.3) is 0 Å². The van der Waals surface area contributed by atoms with Crippen LogP contribution in [0.1, 0.15) is 37.7 Å². The Hall–Kier alpha value is -2.12. The summed E-state index contributed by atoms with van der Waals surface area (Å²) >= 11 is 3.41. The van der Waals surface area contributed by atoms with E-state index in [-0.39, 0.29) is 18.1 Å². The SMILES string of the molecule is Oc1ccccc1NC(=NCc1cc(Br)ccc1F)N1CCN(C2CCCCC2)CC1. The average molecular weight is 489 g/mol. The second-order valence-electron chi connectivity index (χ2n) is 8.33. The lowest BCUT2D eigenvalue weighted by Gasteiger charge is -2.41. The average Bonchev–Trinajstić information content (AvgIpc) is 2.80. The molecule has 1 saturated carbocycles. The zero-order valence-corrected chi connectivity index (χ0v) is 19.3. The number of nitrogens with one attached hydrogen (secondary N) is 1. The molecule has 7 heteroatoms. The van der Waals surface area contributed by atoms with Gasteiger partial charge in [0, 0.05) is 42.3 Å². The molecule has 2 fully saturated rings. The normalized spacial score (nSPS) is 18.9. The molecule has 2 aromatic rings. The van der Waals surface area contributed by atoms with Crippen molar-refractivity contribution in [1.29, 1.82) is 0 Å². The number of phenols is 1. The number of benzene rings is 2. The van der Waals surface area contributed by atoms with Gasteiger partial charge in [-0.05, 0) is 43.2 Å². The molecular formula is C24H30BrFN4O. The first kappa shape index (κ1) is 22.1. The summed E-state index contributed by atoms with van der Waals surface area (Å²) in [4.78, 5) is 9.56. The van der Waals surface area contributed by atoms with Crippen molar-refractivity contribution in [2.75, 3.05) is 31.5 Å². The summed E-state index contributed by atoms with van der Waals surface area (Å²) in [5.74, 6) is 0.574. The van der Waals surface area contributed by atoms with Crippen molar-refractivity contribution in [3.63, 3.8) is 0 Å². The van der Waals surface area contributed by atoms with E-state index in [9.17, 15) is 9.50 Å². The fraction of sp³-hybridized carbons (Fsp3) is 0.458. The van der Waals surface area contributed by atoms with E-state index in [1.54, 1.807) is 24.3 Å². The third-order valence-corrected chi connectivity index (χ3v) is 6.76. The fourth-order valence-corrected chi connectivity index (χ4v) is 4.90. The van der Waals surface area contributed by atoms with Crippen LogP contribution in [0.5, 0.6) is 5.75 Å².